The lowest BCUT2D eigenvalue weighted by Crippen LogP contribution is -2.46. The number of benzene rings is 1. The second-order valence-electron chi connectivity index (χ2n) is 5.84. The zero-order chi connectivity index (χ0) is 17.6. The second kappa shape index (κ2) is 8.66. The standard InChI is InChI=1S/C16H26N2O5S/c1-21-12-14-5-4-8-18(11-14)24(19,20)17-10-13-6-7-15(22-2)16(9-13)23-3/h6-7,9,14,17H,4-5,8,10-12H2,1-3H3. The van der Waals surface area contributed by atoms with Crippen LogP contribution in [0.5, 0.6) is 11.5 Å². The Balaban J connectivity index is 1.99. The number of hydrogen-bond acceptors (Lipinski definition) is 5. The smallest absolute Gasteiger partial charge is 0.279 e. The van der Waals surface area contributed by atoms with Gasteiger partial charge in [0.2, 0.25) is 0 Å². The van der Waals surface area contributed by atoms with Crippen molar-refractivity contribution in [3.63, 3.8) is 0 Å². The molecule has 7 nitrogen and oxygen atoms in total. The summed E-state index contributed by atoms with van der Waals surface area (Å²) in [6.45, 7) is 1.83. The molecule has 1 aromatic carbocycles. The topological polar surface area (TPSA) is 77.1 Å². The van der Waals surface area contributed by atoms with Crippen molar-refractivity contribution in [2.75, 3.05) is 41.0 Å². The Labute approximate surface area is 144 Å². The predicted molar refractivity (Wildman–Crippen MR) is 91.5 cm³/mol. The van der Waals surface area contributed by atoms with Gasteiger partial charge in [0, 0.05) is 26.7 Å². The lowest BCUT2D eigenvalue weighted by molar-refractivity contribution is 0.118. The van der Waals surface area contributed by atoms with E-state index in [1.807, 2.05) is 6.07 Å². The zero-order valence-corrected chi connectivity index (χ0v) is 15.3. The summed E-state index contributed by atoms with van der Waals surface area (Å²) in [4.78, 5) is 0. The fraction of sp³-hybridized carbons (Fsp3) is 0.625. The third-order valence-corrected chi connectivity index (χ3v) is 5.65. The van der Waals surface area contributed by atoms with E-state index in [2.05, 4.69) is 4.72 Å². The minimum Gasteiger partial charge on any atom is -0.493 e. The molecule has 1 aliphatic rings. The Morgan fingerprint density at radius 3 is 2.62 bits per heavy atom. The SMILES string of the molecule is COCC1CCCN(S(=O)(=O)NCc2ccc(OC)c(OC)c2)C1. The summed E-state index contributed by atoms with van der Waals surface area (Å²) in [5.41, 5.74) is 0.807. The second-order valence-corrected chi connectivity index (χ2v) is 7.59. The minimum absolute atomic E-state index is 0.203. The lowest BCUT2D eigenvalue weighted by atomic mass is 10.0. The van der Waals surface area contributed by atoms with E-state index in [4.69, 9.17) is 14.2 Å². The molecule has 0 radical (unpaired) electrons. The van der Waals surface area contributed by atoms with Gasteiger partial charge in [-0.2, -0.15) is 17.4 Å². The van der Waals surface area contributed by atoms with Crippen LogP contribution in [0.25, 0.3) is 0 Å². The molecule has 136 valence electrons. The van der Waals surface area contributed by atoms with E-state index in [9.17, 15) is 8.42 Å². The molecule has 1 saturated heterocycles. The van der Waals surface area contributed by atoms with E-state index in [-0.39, 0.29) is 12.5 Å². The molecule has 24 heavy (non-hydrogen) atoms. The van der Waals surface area contributed by atoms with Gasteiger partial charge in [-0.25, -0.2) is 0 Å². The molecule has 1 unspecified atom stereocenters. The van der Waals surface area contributed by atoms with Gasteiger partial charge in [0.15, 0.2) is 11.5 Å². The van der Waals surface area contributed by atoms with Crippen LogP contribution < -0.4 is 14.2 Å². The maximum atomic E-state index is 12.5. The van der Waals surface area contributed by atoms with Crippen molar-refractivity contribution >= 4 is 10.2 Å². The molecule has 1 N–H and O–H groups in total. The summed E-state index contributed by atoms with van der Waals surface area (Å²) < 4.78 is 44.7. The average Bonchev–Trinajstić information content (AvgIpc) is 2.60. The number of ether oxygens (including phenoxy) is 3. The van der Waals surface area contributed by atoms with Gasteiger partial charge < -0.3 is 14.2 Å². The summed E-state index contributed by atoms with van der Waals surface area (Å²) in [5, 5.41) is 0. The van der Waals surface area contributed by atoms with Gasteiger partial charge in [-0.3, -0.25) is 0 Å². The van der Waals surface area contributed by atoms with Gasteiger partial charge in [0.05, 0.1) is 20.8 Å². The van der Waals surface area contributed by atoms with Crippen molar-refractivity contribution in [2.45, 2.75) is 19.4 Å². The van der Waals surface area contributed by atoms with Gasteiger partial charge in [0.25, 0.3) is 10.2 Å². The van der Waals surface area contributed by atoms with Crippen LogP contribution in [0.2, 0.25) is 0 Å². The molecule has 8 heteroatoms. The van der Waals surface area contributed by atoms with Gasteiger partial charge in [-0.15, -0.1) is 0 Å². The predicted octanol–water partition coefficient (Wildman–Crippen LogP) is 1.40. The van der Waals surface area contributed by atoms with Crippen molar-refractivity contribution in [1.29, 1.82) is 0 Å². The lowest BCUT2D eigenvalue weighted by Gasteiger charge is -2.31. The maximum Gasteiger partial charge on any atom is 0.279 e. The Morgan fingerprint density at radius 1 is 1.21 bits per heavy atom. The van der Waals surface area contributed by atoms with E-state index in [0.29, 0.717) is 31.2 Å². The van der Waals surface area contributed by atoms with Crippen LogP contribution in [-0.4, -0.2) is 53.7 Å². The molecule has 0 aromatic heterocycles. The van der Waals surface area contributed by atoms with Crippen LogP contribution in [0, 0.1) is 5.92 Å². The first-order valence-electron chi connectivity index (χ1n) is 7.94. The van der Waals surface area contributed by atoms with Crippen LogP contribution in [0.1, 0.15) is 18.4 Å². The average molecular weight is 358 g/mol. The highest BCUT2D eigenvalue weighted by molar-refractivity contribution is 7.87. The van der Waals surface area contributed by atoms with Crippen molar-refractivity contribution in [3.8, 4) is 11.5 Å². The molecule has 2 rings (SSSR count). The van der Waals surface area contributed by atoms with E-state index < -0.39 is 10.2 Å². The maximum absolute atomic E-state index is 12.5. The van der Waals surface area contributed by atoms with E-state index in [1.165, 1.54) is 4.31 Å². The first-order valence-corrected chi connectivity index (χ1v) is 9.38. The van der Waals surface area contributed by atoms with Gasteiger partial charge in [-0.05, 0) is 36.5 Å². The number of nitrogens with one attached hydrogen (secondary N) is 1. The molecule has 1 fully saturated rings. The minimum atomic E-state index is -3.51. The molecule has 0 aliphatic carbocycles. The summed E-state index contributed by atoms with van der Waals surface area (Å²) in [6.07, 6.45) is 1.85. The summed E-state index contributed by atoms with van der Waals surface area (Å²) >= 11 is 0. The normalized spacial score (nSPS) is 19.2. The highest BCUT2D eigenvalue weighted by Crippen LogP contribution is 2.27. The third kappa shape index (κ3) is 4.83. The number of piperidine rings is 1. The molecule has 0 amide bonds. The monoisotopic (exact) mass is 358 g/mol. The molecule has 0 spiro atoms. The van der Waals surface area contributed by atoms with E-state index >= 15 is 0 Å². The Morgan fingerprint density at radius 2 is 1.96 bits per heavy atom. The van der Waals surface area contributed by atoms with Crippen molar-refractivity contribution in [2.24, 2.45) is 5.92 Å². The Bertz CT molecular complexity index is 633. The quantitative estimate of drug-likeness (QED) is 0.760. The first-order chi connectivity index (χ1) is 11.5. The van der Waals surface area contributed by atoms with Crippen LogP contribution in [0.4, 0.5) is 0 Å². The zero-order valence-electron chi connectivity index (χ0n) is 14.4. The molecule has 0 bridgehead atoms. The van der Waals surface area contributed by atoms with Crippen LogP contribution in [0.3, 0.4) is 0 Å². The third-order valence-electron chi connectivity index (χ3n) is 4.13. The molecule has 0 saturated carbocycles. The molecular weight excluding hydrogens is 332 g/mol. The largest absolute Gasteiger partial charge is 0.493 e. The van der Waals surface area contributed by atoms with Crippen LogP contribution >= 0.6 is 0 Å². The molecule has 1 aliphatic heterocycles. The fourth-order valence-electron chi connectivity index (χ4n) is 2.87. The van der Waals surface area contributed by atoms with Gasteiger partial charge >= 0.3 is 0 Å². The number of methoxy groups -OCH3 is 3. The molecule has 1 aromatic rings. The Kier molecular flexibility index (Phi) is 6.85. The summed E-state index contributed by atoms with van der Waals surface area (Å²) in [6, 6.07) is 5.34. The first kappa shape index (κ1) is 19.0. The number of hydrogen-bond donors (Lipinski definition) is 1. The van der Waals surface area contributed by atoms with Gasteiger partial charge in [-0.1, -0.05) is 6.07 Å². The number of rotatable bonds is 8. The summed E-state index contributed by atoms with van der Waals surface area (Å²) in [7, 11) is 1.24. The Hall–Kier alpha value is -1.35. The molecule has 1 heterocycles. The van der Waals surface area contributed by atoms with Crippen LogP contribution in [-0.2, 0) is 21.5 Å². The summed E-state index contributed by atoms with van der Waals surface area (Å²) in [5.74, 6) is 1.44. The highest BCUT2D eigenvalue weighted by Gasteiger charge is 2.28. The van der Waals surface area contributed by atoms with Crippen molar-refractivity contribution in [3.05, 3.63) is 23.8 Å². The van der Waals surface area contributed by atoms with Crippen molar-refractivity contribution in [1.82, 2.24) is 9.03 Å². The van der Waals surface area contributed by atoms with E-state index in [0.717, 1.165) is 18.4 Å². The fourth-order valence-corrected chi connectivity index (χ4v) is 4.18. The van der Waals surface area contributed by atoms with Gasteiger partial charge in [0.1, 0.15) is 0 Å². The highest BCUT2D eigenvalue weighted by atomic mass is 32.2. The molecule has 1 atom stereocenters. The number of nitrogens with zero attached hydrogens (tertiary/aromatic N) is 1. The van der Waals surface area contributed by atoms with E-state index in [1.54, 1.807) is 33.5 Å². The van der Waals surface area contributed by atoms with Crippen molar-refractivity contribution < 1.29 is 22.6 Å². The molecular formula is C16H26N2O5S. The van der Waals surface area contributed by atoms with Crippen LogP contribution in [0.15, 0.2) is 18.2 Å².